The van der Waals surface area contributed by atoms with Crippen molar-refractivity contribution in [2.24, 2.45) is 0 Å². The molecule has 2 aliphatic carbocycles. The van der Waals surface area contributed by atoms with Gasteiger partial charge in [0.2, 0.25) is 0 Å². The molecule has 0 amide bonds. The first-order valence-electron chi connectivity index (χ1n) is 28.3. The minimum atomic E-state index is -0.465. The number of hydrogen-bond donors (Lipinski definition) is 0. The summed E-state index contributed by atoms with van der Waals surface area (Å²) in [5.74, 6) is 0. The maximum atomic E-state index is 2.45. The third kappa shape index (κ3) is 8.07. The Morgan fingerprint density at radius 2 is 0.580 bits per heavy atom. The van der Waals surface area contributed by atoms with Crippen molar-refractivity contribution in [3.05, 3.63) is 343 Å². The van der Waals surface area contributed by atoms with Crippen LogP contribution in [-0.4, -0.2) is 0 Å². The molecule has 382 valence electrons. The predicted octanol–water partition coefficient (Wildman–Crippen LogP) is 21.3. The minimum absolute atomic E-state index is 0.0679. The van der Waals surface area contributed by atoms with Crippen LogP contribution in [-0.2, 0) is 10.8 Å². The van der Waals surface area contributed by atoms with Crippen molar-refractivity contribution in [2.45, 2.75) is 24.7 Å². The Balaban J connectivity index is 0.774. The Labute approximate surface area is 475 Å². The first-order valence-corrected chi connectivity index (χ1v) is 28.3. The van der Waals surface area contributed by atoms with Crippen LogP contribution in [0.25, 0.3) is 88.7 Å². The van der Waals surface area contributed by atoms with Gasteiger partial charge in [-0.1, -0.05) is 263 Å². The monoisotopic (exact) mass is 1030 g/mol. The lowest BCUT2D eigenvalue weighted by Crippen LogP contribution is -2.28. The standard InChI is InChI=1S/C80H57N/c1-79(2)75-26-13-11-24-71(75)73-48-40-64(52-77(73)79)58-36-44-69(45-37-58)81(68-42-34-56(35-43-68)55-28-30-57(31-29-55)61-18-15-19-62(50-61)63-33-32-54-16-9-10-17-60(54)51-63)70-46-38-59(39-47-70)65-41-49-74-72-25-12-14-27-76(72)80(78(74)53-65,66-20-5-3-6-21-66)67-22-7-4-8-23-67/h3-53H,1-2H3. The molecule has 0 saturated heterocycles. The van der Waals surface area contributed by atoms with Gasteiger partial charge < -0.3 is 4.90 Å². The second kappa shape index (κ2) is 19.4. The highest BCUT2D eigenvalue weighted by molar-refractivity contribution is 5.91. The lowest BCUT2D eigenvalue weighted by atomic mass is 9.67. The van der Waals surface area contributed by atoms with Crippen molar-refractivity contribution in [1.82, 2.24) is 0 Å². The molecule has 1 heteroatoms. The molecule has 0 heterocycles. The summed E-state index contributed by atoms with van der Waals surface area (Å²) in [4.78, 5) is 2.39. The normalized spacial score (nSPS) is 13.3. The third-order valence-corrected chi connectivity index (χ3v) is 17.6. The van der Waals surface area contributed by atoms with Crippen molar-refractivity contribution < 1.29 is 0 Å². The lowest BCUT2D eigenvalue weighted by molar-refractivity contribution is 0.660. The van der Waals surface area contributed by atoms with Crippen LogP contribution in [0.1, 0.15) is 47.2 Å². The minimum Gasteiger partial charge on any atom is -0.311 e. The largest absolute Gasteiger partial charge is 0.311 e. The second-order valence-corrected chi connectivity index (χ2v) is 22.4. The summed E-state index contributed by atoms with van der Waals surface area (Å²) in [6, 6.07) is 115. The molecule has 1 nitrogen and oxygen atoms in total. The zero-order valence-electron chi connectivity index (χ0n) is 45.4. The van der Waals surface area contributed by atoms with E-state index in [1.54, 1.807) is 0 Å². The van der Waals surface area contributed by atoms with E-state index < -0.39 is 5.41 Å². The first kappa shape index (κ1) is 48.1. The van der Waals surface area contributed by atoms with Gasteiger partial charge in [0.1, 0.15) is 0 Å². The molecule has 13 aromatic rings. The van der Waals surface area contributed by atoms with Crippen LogP contribution in [0.2, 0.25) is 0 Å². The van der Waals surface area contributed by atoms with E-state index in [1.807, 2.05) is 0 Å². The fourth-order valence-electron chi connectivity index (χ4n) is 13.5. The zero-order valence-corrected chi connectivity index (χ0v) is 45.4. The van der Waals surface area contributed by atoms with E-state index in [4.69, 9.17) is 0 Å². The zero-order chi connectivity index (χ0) is 54.1. The van der Waals surface area contributed by atoms with Crippen LogP contribution >= 0.6 is 0 Å². The Bertz CT molecular complexity index is 4450. The van der Waals surface area contributed by atoms with Gasteiger partial charge in [0, 0.05) is 22.5 Å². The highest BCUT2D eigenvalue weighted by atomic mass is 15.1. The quantitative estimate of drug-likeness (QED) is 0.132. The van der Waals surface area contributed by atoms with E-state index in [0.717, 1.165) is 17.1 Å². The summed E-state index contributed by atoms with van der Waals surface area (Å²) in [5, 5.41) is 2.51. The maximum absolute atomic E-state index is 2.45. The summed E-state index contributed by atoms with van der Waals surface area (Å²) in [6.45, 7) is 4.71. The molecule has 0 fully saturated rings. The van der Waals surface area contributed by atoms with Crippen LogP contribution in [0.3, 0.4) is 0 Å². The SMILES string of the molecule is CC1(C)c2ccccc2-c2ccc(-c3ccc(N(c4ccc(-c5ccc(-c6cccc(-c7ccc8ccccc8c7)c6)cc5)cc4)c4ccc(-c5ccc6c(c5)C(c5ccccc5)(c5ccccc5)c5ccccc5-6)cc4)cc3)cc21. The number of fused-ring (bicyclic) bond motifs is 7. The summed E-state index contributed by atoms with van der Waals surface area (Å²) in [5.41, 5.74) is 27.9. The topological polar surface area (TPSA) is 3.24 Å². The molecule has 13 aromatic carbocycles. The van der Waals surface area contributed by atoms with Crippen LogP contribution in [0, 0.1) is 0 Å². The van der Waals surface area contributed by atoms with Crippen LogP contribution in [0.4, 0.5) is 17.1 Å². The van der Waals surface area contributed by atoms with Gasteiger partial charge in [0.15, 0.2) is 0 Å². The van der Waals surface area contributed by atoms with Crippen molar-refractivity contribution in [1.29, 1.82) is 0 Å². The molecule has 0 aliphatic heterocycles. The van der Waals surface area contributed by atoms with Gasteiger partial charge in [0.25, 0.3) is 0 Å². The molecule has 0 saturated carbocycles. The van der Waals surface area contributed by atoms with Crippen molar-refractivity contribution >= 4 is 27.8 Å². The average molecular weight is 1030 g/mol. The van der Waals surface area contributed by atoms with Gasteiger partial charge in [-0.2, -0.15) is 0 Å². The van der Waals surface area contributed by atoms with Crippen molar-refractivity contribution in [3.63, 3.8) is 0 Å². The highest BCUT2D eigenvalue weighted by Crippen LogP contribution is 2.57. The second-order valence-electron chi connectivity index (χ2n) is 22.4. The third-order valence-electron chi connectivity index (χ3n) is 17.6. The van der Waals surface area contributed by atoms with E-state index in [-0.39, 0.29) is 5.41 Å². The summed E-state index contributed by atoms with van der Waals surface area (Å²) < 4.78 is 0. The van der Waals surface area contributed by atoms with Crippen LogP contribution < -0.4 is 4.90 Å². The van der Waals surface area contributed by atoms with Crippen molar-refractivity contribution in [2.75, 3.05) is 4.90 Å². The molecule has 15 rings (SSSR count). The fraction of sp³-hybridized carbons (Fsp3) is 0.0500. The van der Waals surface area contributed by atoms with E-state index in [1.165, 1.54) is 122 Å². The number of benzene rings is 13. The maximum Gasteiger partial charge on any atom is 0.0713 e. The van der Waals surface area contributed by atoms with Crippen molar-refractivity contribution in [3.8, 4) is 77.9 Å². The molecule has 0 spiro atoms. The molecular formula is C80H57N. The van der Waals surface area contributed by atoms with E-state index in [9.17, 15) is 0 Å². The summed E-state index contributed by atoms with van der Waals surface area (Å²) in [7, 11) is 0. The summed E-state index contributed by atoms with van der Waals surface area (Å²) >= 11 is 0. The molecule has 0 aromatic heterocycles. The van der Waals surface area contributed by atoms with Gasteiger partial charge in [-0.15, -0.1) is 0 Å². The van der Waals surface area contributed by atoms with Gasteiger partial charge in [-0.05, 0) is 183 Å². The van der Waals surface area contributed by atoms with Crippen LogP contribution in [0.5, 0.6) is 0 Å². The smallest absolute Gasteiger partial charge is 0.0713 e. The Kier molecular flexibility index (Phi) is 11.5. The molecule has 0 bridgehead atoms. The van der Waals surface area contributed by atoms with E-state index in [2.05, 4.69) is 328 Å². The van der Waals surface area contributed by atoms with Gasteiger partial charge in [0.05, 0.1) is 5.41 Å². The number of rotatable bonds is 10. The fourth-order valence-corrected chi connectivity index (χ4v) is 13.5. The van der Waals surface area contributed by atoms with Gasteiger partial charge in [-0.3, -0.25) is 0 Å². The molecule has 0 unspecified atom stereocenters. The number of anilines is 3. The molecule has 0 atom stereocenters. The Morgan fingerprint density at radius 3 is 1.14 bits per heavy atom. The Morgan fingerprint density at radius 1 is 0.222 bits per heavy atom. The molecule has 2 aliphatic rings. The van der Waals surface area contributed by atoms with E-state index in [0.29, 0.717) is 0 Å². The van der Waals surface area contributed by atoms with Gasteiger partial charge >= 0.3 is 0 Å². The summed E-state index contributed by atoms with van der Waals surface area (Å²) in [6.07, 6.45) is 0. The van der Waals surface area contributed by atoms with Crippen LogP contribution in [0.15, 0.2) is 309 Å². The molecule has 0 N–H and O–H groups in total. The predicted molar refractivity (Wildman–Crippen MR) is 341 cm³/mol. The van der Waals surface area contributed by atoms with Gasteiger partial charge in [-0.25, -0.2) is 0 Å². The molecular weight excluding hydrogens is 975 g/mol. The number of hydrogen-bond acceptors (Lipinski definition) is 1. The average Bonchev–Trinajstić information content (AvgIpc) is 2.64. The lowest BCUT2D eigenvalue weighted by Gasteiger charge is -2.34. The first-order chi connectivity index (χ1) is 39.9. The molecule has 0 radical (unpaired) electrons. The molecule has 81 heavy (non-hydrogen) atoms. The Hall–Kier alpha value is -10.1. The number of nitrogens with zero attached hydrogens (tertiary/aromatic N) is 1. The van der Waals surface area contributed by atoms with E-state index >= 15 is 0 Å². The highest BCUT2D eigenvalue weighted by Gasteiger charge is 2.46.